The van der Waals surface area contributed by atoms with E-state index in [2.05, 4.69) is 26.6 Å². The number of nitrogens with zero attached hydrogens (tertiary/aromatic N) is 6. The summed E-state index contributed by atoms with van der Waals surface area (Å²) in [5, 5.41) is 10.6. The van der Waals surface area contributed by atoms with Crippen LogP contribution in [0.15, 0.2) is 59.5 Å². The molecule has 3 aliphatic rings. The van der Waals surface area contributed by atoms with Crippen molar-refractivity contribution in [1.29, 1.82) is 0 Å². The van der Waals surface area contributed by atoms with Gasteiger partial charge in [0.25, 0.3) is 5.91 Å². The molecule has 3 aromatic heterocycles. The molecule has 3 fully saturated rings. The number of nitrogens with one attached hydrogen (secondary N) is 2. The zero-order chi connectivity index (χ0) is 40.0. The van der Waals surface area contributed by atoms with Gasteiger partial charge in [0, 0.05) is 37.7 Å². The number of amides is 3. The molecule has 3 amide bonds. The Balaban J connectivity index is 0.851. The zero-order valence-corrected chi connectivity index (χ0v) is 31.8. The Morgan fingerprint density at radius 3 is 2.44 bits per heavy atom. The number of carbonyl (C=O) groups is 3. The Hall–Kier alpha value is -5.51. The van der Waals surface area contributed by atoms with Crippen LogP contribution in [0.3, 0.4) is 0 Å². The predicted molar refractivity (Wildman–Crippen MR) is 206 cm³/mol. The lowest BCUT2D eigenvalue weighted by Crippen LogP contribution is -2.44. The summed E-state index contributed by atoms with van der Waals surface area (Å²) in [5.41, 5.74) is 1.95. The second-order valence-corrected chi connectivity index (χ2v) is 15.7. The standard InChI is InChI=1S/C41H45F3N8O5/c1-49-37-26(5-3-7-32(37)52(40(49)56)33-13-14-36(53)47-39(33)55)19-24-15-17-50(18-16-24)22-25-9-11-28(12-10-25)51-23-27-20-31(34(57-2)21-30(27)48-51)46-38(54)29-6-4-8-35(45-29)41(42,43)44/h3-8,20-21,23-25,28,33H,9-19,22H2,1-2H3,(H,46,54)(H,47,53,55)/t25-,28-,33?. The van der Waals surface area contributed by atoms with Gasteiger partial charge in [0.05, 0.1) is 35.4 Å². The highest BCUT2D eigenvalue weighted by Crippen LogP contribution is 2.37. The molecule has 16 heteroatoms. The largest absolute Gasteiger partial charge is 0.494 e. The summed E-state index contributed by atoms with van der Waals surface area (Å²) in [6, 6.07) is 12.1. The maximum atomic E-state index is 13.4. The highest BCUT2D eigenvalue weighted by atomic mass is 19.4. The first-order valence-electron chi connectivity index (χ1n) is 19.5. The lowest BCUT2D eigenvalue weighted by atomic mass is 9.84. The number of halogens is 3. The van der Waals surface area contributed by atoms with Crippen molar-refractivity contribution in [2.75, 3.05) is 32.1 Å². The van der Waals surface area contributed by atoms with Crippen LogP contribution in [0.4, 0.5) is 18.9 Å². The van der Waals surface area contributed by atoms with Crippen molar-refractivity contribution in [1.82, 2.24) is 34.1 Å². The van der Waals surface area contributed by atoms with Crippen LogP contribution in [0.2, 0.25) is 0 Å². The van der Waals surface area contributed by atoms with E-state index < -0.39 is 29.7 Å². The number of imide groups is 1. The second-order valence-electron chi connectivity index (χ2n) is 15.7. The molecule has 1 saturated carbocycles. The van der Waals surface area contributed by atoms with Crippen molar-refractivity contribution < 1.29 is 32.3 Å². The number of aromatic nitrogens is 5. The van der Waals surface area contributed by atoms with Crippen LogP contribution in [0.1, 0.15) is 85.2 Å². The van der Waals surface area contributed by atoms with Crippen molar-refractivity contribution in [2.45, 2.75) is 76.0 Å². The van der Waals surface area contributed by atoms with E-state index in [4.69, 9.17) is 9.84 Å². The van der Waals surface area contributed by atoms with Crippen LogP contribution in [-0.4, -0.2) is 73.3 Å². The molecule has 1 unspecified atom stereocenters. The number of para-hydroxylation sites is 1. The number of fused-ring (bicyclic) bond motifs is 2. The number of carbonyl (C=O) groups excluding carboxylic acids is 3. The third-order valence-electron chi connectivity index (χ3n) is 12.0. The molecule has 13 nitrogen and oxygen atoms in total. The zero-order valence-electron chi connectivity index (χ0n) is 31.8. The third-order valence-corrected chi connectivity index (χ3v) is 12.0. The van der Waals surface area contributed by atoms with Crippen LogP contribution in [0.25, 0.3) is 21.9 Å². The van der Waals surface area contributed by atoms with Gasteiger partial charge in [-0.05, 0) is 106 Å². The molecule has 1 aliphatic carbocycles. The monoisotopic (exact) mass is 786 g/mol. The lowest BCUT2D eigenvalue weighted by Gasteiger charge is -2.36. The maximum Gasteiger partial charge on any atom is 0.433 e. The van der Waals surface area contributed by atoms with E-state index in [0.717, 1.165) is 98.7 Å². The molecule has 2 N–H and O–H groups in total. The van der Waals surface area contributed by atoms with Crippen molar-refractivity contribution in [3.63, 3.8) is 0 Å². The summed E-state index contributed by atoms with van der Waals surface area (Å²) < 4.78 is 50.2. The fraction of sp³-hybridized carbons (Fsp3) is 0.463. The Labute approximate surface area is 326 Å². The molecule has 8 rings (SSSR count). The normalized spacial score (nSPS) is 21.2. The number of methoxy groups -OCH3 is 1. The van der Waals surface area contributed by atoms with Gasteiger partial charge in [-0.2, -0.15) is 18.3 Å². The fourth-order valence-electron chi connectivity index (χ4n) is 8.99. The van der Waals surface area contributed by atoms with E-state index in [1.54, 1.807) is 28.3 Å². The molecule has 0 spiro atoms. The minimum Gasteiger partial charge on any atom is -0.494 e. The number of ether oxygens (including phenoxy) is 1. The predicted octanol–water partition coefficient (Wildman–Crippen LogP) is 6.03. The summed E-state index contributed by atoms with van der Waals surface area (Å²) >= 11 is 0. The van der Waals surface area contributed by atoms with Gasteiger partial charge in [0.15, 0.2) is 0 Å². The molecule has 5 aromatic rings. The van der Waals surface area contributed by atoms with E-state index >= 15 is 0 Å². The van der Waals surface area contributed by atoms with Crippen molar-refractivity contribution in [2.24, 2.45) is 18.9 Å². The van der Waals surface area contributed by atoms with Crippen LogP contribution in [-0.2, 0) is 29.2 Å². The average Bonchev–Trinajstić information content (AvgIpc) is 3.72. The summed E-state index contributed by atoms with van der Waals surface area (Å²) in [6.45, 7) is 3.10. The van der Waals surface area contributed by atoms with Gasteiger partial charge in [-0.3, -0.25) is 33.5 Å². The molecule has 0 bridgehead atoms. The van der Waals surface area contributed by atoms with Gasteiger partial charge in [0.2, 0.25) is 11.8 Å². The van der Waals surface area contributed by atoms with Crippen LogP contribution >= 0.6 is 0 Å². The van der Waals surface area contributed by atoms with Crippen molar-refractivity contribution >= 4 is 45.3 Å². The lowest BCUT2D eigenvalue weighted by molar-refractivity contribution is -0.141. The summed E-state index contributed by atoms with van der Waals surface area (Å²) in [4.78, 5) is 56.8. The minimum absolute atomic E-state index is 0.209. The Morgan fingerprint density at radius 2 is 1.72 bits per heavy atom. The Bertz CT molecular complexity index is 2400. The maximum absolute atomic E-state index is 13.4. The molecule has 1 atom stereocenters. The second kappa shape index (κ2) is 15.4. The number of rotatable bonds is 9. The first-order chi connectivity index (χ1) is 27.4. The van der Waals surface area contributed by atoms with E-state index in [-0.39, 0.29) is 29.8 Å². The van der Waals surface area contributed by atoms with E-state index in [9.17, 15) is 32.3 Å². The first-order valence-corrected chi connectivity index (χ1v) is 19.5. The number of piperidine rings is 2. The number of aryl methyl sites for hydroxylation is 1. The number of imidazole rings is 1. The van der Waals surface area contributed by atoms with Gasteiger partial charge < -0.3 is 15.0 Å². The molecule has 57 heavy (non-hydrogen) atoms. The molecule has 0 radical (unpaired) electrons. The minimum atomic E-state index is -4.67. The average molecular weight is 787 g/mol. The van der Waals surface area contributed by atoms with Crippen molar-refractivity contribution in [3.8, 4) is 5.75 Å². The van der Waals surface area contributed by atoms with Gasteiger partial charge in [-0.25, -0.2) is 9.78 Å². The van der Waals surface area contributed by atoms with Crippen LogP contribution < -0.4 is 21.1 Å². The Morgan fingerprint density at radius 1 is 0.965 bits per heavy atom. The number of likely N-dealkylation sites (tertiary alicyclic amines) is 1. The molecule has 2 saturated heterocycles. The topological polar surface area (TPSA) is 145 Å². The van der Waals surface area contributed by atoms with E-state index in [0.29, 0.717) is 35.2 Å². The summed E-state index contributed by atoms with van der Waals surface area (Å²) in [5.74, 6) is -0.105. The SMILES string of the molecule is COc1cc2nn([C@H]3CC[C@H](CN4CCC(Cc5cccc6c5n(C)c(=O)n6C5CCC(=O)NC5=O)CC4)CC3)cc2cc1NC(=O)c1cccc(C(F)(F)F)n1. The van der Waals surface area contributed by atoms with Crippen molar-refractivity contribution in [3.05, 3.63) is 82.2 Å². The van der Waals surface area contributed by atoms with Crippen LogP contribution in [0.5, 0.6) is 5.75 Å². The summed E-state index contributed by atoms with van der Waals surface area (Å²) in [7, 11) is 3.21. The third kappa shape index (κ3) is 7.78. The highest BCUT2D eigenvalue weighted by molar-refractivity contribution is 6.05. The number of hydrogen-bond acceptors (Lipinski definition) is 8. The van der Waals surface area contributed by atoms with E-state index in [1.807, 2.05) is 23.0 Å². The number of alkyl halides is 3. The molecule has 5 heterocycles. The number of anilines is 1. The molecule has 2 aromatic carbocycles. The molecular formula is C41H45F3N8O5. The number of hydrogen-bond donors (Lipinski definition) is 2. The van der Waals surface area contributed by atoms with E-state index in [1.165, 1.54) is 13.2 Å². The van der Waals surface area contributed by atoms with Gasteiger partial charge in [-0.15, -0.1) is 0 Å². The quantitative estimate of drug-likeness (QED) is 0.173. The molecule has 2 aliphatic heterocycles. The summed E-state index contributed by atoms with van der Waals surface area (Å²) in [6.07, 6.45) is 4.91. The fourth-order valence-corrected chi connectivity index (χ4v) is 8.99. The van der Waals surface area contributed by atoms with Gasteiger partial charge in [0.1, 0.15) is 23.2 Å². The molecule has 300 valence electrons. The van der Waals surface area contributed by atoms with Gasteiger partial charge >= 0.3 is 11.9 Å². The van der Waals surface area contributed by atoms with Crippen LogP contribution in [0, 0.1) is 11.8 Å². The number of benzene rings is 2. The highest BCUT2D eigenvalue weighted by Gasteiger charge is 2.34. The first kappa shape index (κ1) is 38.4. The van der Waals surface area contributed by atoms with Gasteiger partial charge in [-0.1, -0.05) is 18.2 Å². The molecular weight excluding hydrogens is 741 g/mol. The smallest absolute Gasteiger partial charge is 0.433 e. The number of pyridine rings is 1. The Kier molecular flexibility index (Phi) is 10.4.